The highest BCUT2D eigenvalue weighted by Crippen LogP contribution is 2.26. The molecule has 0 aliphatic carbocycles. The molecule has 126 valence electrons. The molecule has 1 aliphatic heterocycles. The number of aromatic nitrogens is 4. The highest BCUT2D eigenvalue weighted by Gasteiger charge is 2.26. The van der Waals surface area contributed by atoms with Gasteiger partial charge < -0.3 is 0 Å². The van der Waals surface area contributed by atoms with Gasteiger partial charge in [0, 0.05) is 30.9 Å². The van der Waals surface area contributed by atoms with E-state index in [2.05, 4.69) is 39.7 Å². The first-order valence-corrected chi connectivity index (χ1v) is 8.76. The molecule has 1 atom stereocenters. The van der Waals surface area contributed by atoms with Crippen LogP contribution < -0.4 is 0 Å². The molecule has 3 heterocycles. The summed E-state index contributed by atoms with van der Waals surface area (Å²) in [6.45, 7) is 9.19. The van der Waals surface area contributed by atoms with Crippen LogP contribution in [0.4, 0.5) is 0 Å². The molecule has 1 saturated heterocycles. The quantitative estimate of drug-likeness (QED) is 0.861. The molecule has 23 heavy (non-hydrogen) atoms. The number of aryl methyl sites for hydroxylation is 4. The summed E-state index contributed by atoms with van der Waals surface area (Å²) in [7, 11) is 1.91. The first kappa shape index (κ1) is 16.5. The molecule has 0 bridgehead atoms. The van der Waals surface area contributed by atoms with Gasteiger partial charge in [0.05, 0.1) is 17.9 Å². The molecular formula is C17H26ClN5. The van der Waals surface area contributed by atoms with E-state index in [0.717, 1.165) is 41.7 Å². The van der Waals surface area contributed by atoms with Gasteiger partial charge in [0.2, 0.25) is 0 Å². The fraction of sp³-hybridized carbons (Fsp3) is 0.647. The molecule has 1 aliphatic rings. The van der Waals surface area contributed by atoms with E-state index in [1.54, 1.807) is 4.68 Å². The zero-order valence-corrected chi connectivity index (χ0v) is 15.3. The summed E-state index contributed by atoms with van der Waals surface area (Å²) in [6, 6.07) is 2.66. The average molecular weight is 336 g/mol. The Kier molecular flexibility index (Phi) is 4.78. The lowest BCUT2D eigenvalue weighted by molar-refractivity contribution is 0.121. The first-order chi connectivity index (χ1) is 11.0. The van der Waals surface area contributed by atoms with Gasteiger partial charge in [0.15, 0.2) is 0 Å². The number of nitrogens with zero attached hydrogens (tertiary/aromatic N) is 5. The zero-order valence-electron chi connectivity index (χ0n) is 14.5. The van der Waals surface area contributed by atoms with Crippen molar-refractivity contribution in [3.63, 3.8) is 0 Å². The number of hydrogen-bond acceptors (Lipinski definition) is 3. The largest absolute Gasteiger partial charge is 0.294 e. The molecule has 5 nitrogen and oxygen atoms in total. The van der Waals surface area contributed by atoms with Gasteiger partial charge in [-0.25, -0.2) is 0 Å². The molecular weight excluding hydrogens is 310 g/mol. The molecule has 0 aromatic carbocycles. The molecule has 0 saturated carbocycles. The smallest absolute Gasteiger partial charge is 0.131 e. The molecule has 2 aromatic heterocycles. The van der Waals surface area contributed by atoms with E-state index in [9.17, 15) is 0 Å². The maximum absolute atomic E-state index is 6.43. The predicted molar refractivity (Wildman–Crippen MR) is 92.7 cm³/mol. The number of rotatable bonds is 4. The molecule has 3 rings (SSSR count). The summed E-state index contributed by atoms with van der Waals surface area (Å²) >= 11 is 6.43. The Bertz CT molecular complexity index is 687. The minimum atomic E-state index is 0.512. The third-order valence-corrected chi connectivity index (χ3v) is 5.34. The standard InChI is InChI=1S/C17H26ClN5/c1-12-9-13(2)23(19-12)10-15-7-5-6-8-22(15)11-16-14(3)20-21(4)17(16)18/h9,15H,5-8,10-11H2,1-4H3/t15-/m1/s1. The number of hydrogen-bond donors (Lipinski definition) is 0. The lowest BCUT2D eigenvalue weighted by Gasteiger charge is -2.35. The molecule has 6 heteroatoms. The maximum atomic E-state index is 6.43. The van der Waals surface area contributed by atoms with Gasteiger partial charge in [-0.15, -0.1) is 0 Å². The van der Waals surface area contributed by atoms with Crippen LogP contribution in [0.2, 0.25) is 5.15 Å². The van der Waals surface area contributed by atoms with E-state index < -0.39 is 0 Å². The Hall–Kier alpha value is -1.33. The second-order valence-electron chi connectivity index (χ2n) is 6.71. The minimum Gasteiger partial charge on any atom is -0.294 e. The molecule has 0 radical (unpaired) electrons. The predicted octanol–water partition coefficient (Wildman–Crippen LogP) is 3.25. The minimum absolute atomic E-state index is 0.512. The summed E-state index contributed by atoms with van der Waals surface area (Å²) in [5, 5.41) is 9.84. The van der Waals surface area contributed by atoms with Crippen LogP contribution >= 0.6 is 11.6 Å². The van der Waals surface area contributed by atoms with Crippen molar-refractivity contribution in [3.8, 4) is 0 Å². The van der Waals surface area contributed by atoms with Crippen molar-refractivity contribution in [2.75, 3.05) is 6.54 Å². The highest BCUT2D eigenvalue weighted by molar-refractivity contribution is 6.30. The SMILES string of the molecule is Cc1cc(C)n(C[C@H]2CCCCN2Cc2c(C)nn(C)c2Cl)n1. The molecule has 0 spiro atoms. The fourth-order valence-corrected chi connectivity index (χ4v) is 3.83. The van der Waals surface area contributed by atoms with Gasteiger partial charge in [-0.05, 0) is 46.2 Å². The van der Waals surface area contributed by atoms with Crippen LogP contribution in [0, 0.1) is 20.8 Å². The number of likely N-dealkylation sites (tertiary alicyclic amines) is 1. The summed E-state index contributed by atoms with van der Waals surface area (Å²) < 4.78 is 3.92. The van der Waals surface area contributed by atoms with E-state index in [0.29, 0.717) is 6.04 Å². The monoisotopic (exact) mass is 335 g/mol. The third kappa shape index (κ3) is 3.45. The van der Waals surface area contributed by atoms with Gasteiger partial charge in [-0.1, -0.05) is 18.0 Å². The second-order valence-corrected chi connectivity index (χ2v) is 7.07. The summed E-state index contributed by atoms with van der Waals surface area (Å²) in [5.74, 6) is 0. The summed E-state index contributed by atoms with van der Waals surface area (Å²) in [5.41, 5.74) is 4.53. The van der Waals surface area contributed by atoms with Crippen molar-refractivity contribution in [2.24, 2.45) is 7.05 Å². The first-order valence-electron chi connectivity index (χ1n) is 8.38. The van der Waals surface area contributed by atoms with Crippen LogP contribution in [-0.4, -0.2) is 37.0 Å². The Labute approximate surface area is 143 Å². The third-order valence-electron chi connectivity index (χ3n) is 4.87. The van der Waals surface area contributed by atoms with Crippen molar-refractivity contribution >= 4 is 11.6 Å². The molecule has 1 fully saturated rings. The van der Waals surface area contributed by atoms with Crippen molar-refractivity contribution < 1.29 is 0 Å². The topological polar surface area (TPSA) is 38.9 Å². The number of piperidine rings is 1. The van der Waals surface area contributed by atoms with Crippen LogP contribution in [-0.2, 0) is 20.1 Å². The Morgan fingerprint density at radius 3 is 2.61 bits per heavy atom. The van der Waals surface area contributed by atoms with Crippen LogP contribution in [0.5, 0.6) is 0 Å². The highest BCUT2D eigenvalue weighted by atomic mass is 35.5. The number of halogens is 1. The van der Waals surface area contributed by atoms with Gasteiger partial charge in [0.1, 0.15) is 5.15 Å². The Balaban J connectivity index is 1.77. The molecule has 2 aromatic rings. The van der Waals surface area contributed by atoms with Crippen molar-refractivity contribution in [1.29, 1.82) is 0 Å². The van der Waals surface area contributed by atoms with Crippen molar-refractivity contribution in [1.82, 2.24) is 24.5 Å². The molecule has 0 unspecified atom stereocenters. The normalized spacial score (nSPS) is 19.4. The van der Waals surface area contributed by atoms with Crippen LogP contribution in [0.15, 0.2) is 6.07 Å². The van der Waals surface area contributed by atoms with E-state index in [-0.39, 0.29) is 0 Å². The van der Waals surface area contributed by atoms with Crippen LogP contribution in [0.25, 0.3) is 0 Å². The second kappa shape index (κ2) is 6.65. The lowest BCUT2D eigenvalue weighted by atomic mass is 10.0. The lowest BCUT2D eigenvalue weighted by Crippen LogP contribution is -2.42. The van der Waals surface area contributed by atoms with Crippen LogP contribution in [0.3, 0.4) is 0 Å². The van der Waals surface area contributed by atoms with Crippen molar-refractivity contribution in [3.05, 3.63) is 33.9 Å². The van der Waals surface area contributed by atoms with Gasteiger partial charge >= 0.3 is 0 Å². The van der Waals surface area contributed by atoms with E-state index in [4.69, 9.17) is 11.6 Å². The van der Waals surface area contributed by atoms with Gasteiger partial charge in [0.25, 0.3) is 0 Å². The maximum Gasteiger partial charge on any atom is 0.131 e. The summed E-state index contributed by atoms with van der Waals surface area (Å²) in [6.07, 6.45) is 3.76. The van der Waals surface area contributed by atoms with Crippen LogP contribution in [0.1, 0.15) is 41.9 Å². The van der Waals surface area contributed by atoms with E-state index in [1.165, 1.54) is 25.0 Å². The Morgan fingerprint density at radius 2 is 2.00 bits per heavy atom. The molecule has 0 amide bonds. The fourth-order valence-electron chi connectivity index (χ4n) is 3.59. The zero-order chi connectivity index (χ0) is 16.6. The average Bonchev–Trinajstić information content (AvgIpc) is 2.94. The van der Waals surface area contributed by atoms with Crippen molar-refractivity contribution in [2.45, 2.75) is 59.2 Å². The van der Waals surface area contributed by atoms with E-state index in [1.807, 2.05) is 14.0 Å². The molecule has 0 N–H and O–H groups in total. The van der Waals surface area contributed by atoms with Gasteiger partial charge in [-0.2, -0.15) is 10.2 Å². The summed E-state index contributed by atoms with van der Waals surface area (Å²) in [4.78, 5) is 2.55. The van der Waals surface area contributed by atoms with E-state index >= 15 is 0 Å². The van der Waals surface area contributed by atoms with Gasteiger partial charge in [-0.3, -0.25) is 14.3 Å². The Morgan fingerprint density at radius 1 is 1.22 bits per heavy atom.